The van der Waals surface area contributed by atoms with Crippen LogP contribution in [0.15, 0.2) is 66.1 Å². The van der Waals surface area contributed by atoms with Gasteiger partial charge in [-0.25, -0.2) is 0 Å². The van der Waals surface area contributed by atoms with Crippen molar-refractivity contribution in [2.24, 2.45) is 4.99 Å². The molecule has 3 nitrogen and oxygen atoms in total. The second kappa shape index (κ2) is 6.50. The standard InChI is InChI=1S/C16H17N3/c1-17-10-11-19(2)13-14-8-9-16(18-12-14)15-6-4-3-5-7-15/h3-12H,1,13H2,2H3. The predicted molar refractivity (Wildman–Crippen MR) is 79.8 cm³/mol. The van der Waals surface area contributed by atoms with Crippen LogP contribution in [0.2, 0.25) is 0 Å². The van der Waals surface area contributed by atoms with Gasteiger partial charge in [0.15, 0.2) is 0 Å². The van der Waals surface area contributed by atoms with Crippen LogP contribution in [0, 0.1) is 0 Å². The number of benzene rings is 1. The van der Waals surface area contributed by atoms with Gasteiger partial charge in [0.25, 0.3) is 0 Å². The maximum absolute atomic E-state index is 4.50. The summed E-state index contributed by atoms with van der Waals surface area (Å²) in [7, 11) is 1.99. The summed E-state index contributed by atoms with van der Waals surface area (Å²) in [5.74, 6) is 0. The Morgan fingerprint density at radius 1 is 1.21 bits per heavy atom. The summed E-state index contributed by atoms with van der Waals surface area (Å²) in [5.41, 5.74) is 3.30. The molecule has 0 aliphatic rings. The van der Waals surface area contributed by atoms with E-state index in [0.29, 0.717) is 0 Å². The van der Waals surface area contributed by atoms with Gasteiger partial charge in [-0.3, -0.25) is 9.98 Å². The van der Waals surface area contributed by atoms with Crippen molar-refractivity contribution < 1.29 is 0 Å². The molecule has 0 saturated heterocycles. The van der Waals surface area contributed by atoms with E-state index in [9.17, 15) is 0 Å². The van der Waals surface area contributed by atoms with Crippen molar-refractivity contribution in [2.45, 2.75) is 6.54 Å². The fourth-order valence-electron chi connectivity index (χ4n) is 1.80. The predicted octanol–water partition coefficient (Wildman–Crippen LogP) is 3.35. The molecule has 0 unspecified atom stereocenters. The smallest absolute Gasteiger partial charge is 0.0702 e. The van der Waals surface area contributed by atoms with Crippen LogP contribution in [0.25, 0.3) is 11.3 Å². The molecule has 19 heavy (non-hydrogen) atoms. The minimum Gasteiger partial charge on any atom is -0.375 e. The second-order valence-electron chi connectivity index (χ2n) is 4.31. The molecule has 0 aliphatic heterocycles. The Kier molecular flexibility index (Phi) is 4.45. The van der Waals surface area contributed by atoms with E-state index >= 15 is 0 Å². The van der Waals surface area contributed by atoms with E-state index in [-0.39, 0.29) is 0 Å². The highest BCUT2D eigenvalue weighted by molar-refractivity contribution is 5.58. The molecule has 0 saturated carbocycles. The van der Waals surface area contributed by atoms with Gasteiger partial charge < -0.3 is 4.90 Å². The molecule has 1 heterocycles. The summed E-state index contributed by atoms with van der Waals surface area (Å²) in [6.07, 6.45) is 5.47. The van der Waals surface area contributed by atoms with Crippen LogP contribution >= 0.6 is 0 Å². The molecule has 0 N–H and O–H groups in total. The first-order valence-electron chi connectivity index (χ1n) is 6.12. The van der Waals surface area contributed by atoms with Crippen LogP contribution < -0.4 is 0 Å². The normalized spacial score (nSPS) is 10.6. The Morgan fingerprint density at radius 2 is 2.00 bits per heavy atom. The monoisotopic (exact) mass is 251 g/mol. The van der Waals surface area contributed by atoms with Crippen LogP contribution in [-0.2, 0) is 6.54 Å². The van der Waals surface area contributed by atoms with Crippen molar-refractivity contribution in [3.8, 4) is 11.3 Å². The highest BCUT2D eigenvalue weighted by atomic mass is 15.1. The van der Waals surface area contributed by atoms with E-state index in [1.54, 1.807) is 6.20 Å². The number of hydrogen-bond acceptors (Lipinski definition) is 3. The molecule has 0 amide bonds. The lowest BCUT2D eigenvalue weighted by atomic mass is 10.1. The lowest BCUT2D eigenvalue weighted by Crippen LogP contribution is -2.09. The molecular weight excluding hydrogens is 234 g/mol. The molecule has 0 fully saturated rings. The van der Waals surface area contributed by atoms with Crippen molar-refractivity contribution in [3.63, 3.8) is 0 Å². The van der Waals surface area contributed by atoms with Crippen molar-refractivity contribution >= 4 is 6.72 Å². The van der Waals surface area contributed by atoms with Gasteiger partial charge in [0.1, 0.15) is 0 Å². The van der Waals surface area contributed by atoms with Crippen LogP contribution in [0.5, 0.6) is 0 Å². The minimum atomic E-state index is 0.800. The molecular formula is C16H17N3. The topological polar surface area (TPSA) is 28.5 Å². The van der Waals surface area contributed by atoms with Crippen molar-refractivity contribution in [2.75, 3.05) is 7.05 Å². The quantitative estimate of drug-likeness (QED) is 0.762. The van der Waals surface area contributed by atoms with Crippen LogP contribution in [-0.4, -0.2) is 23.6 Å². The molecule has 0 atom stereocenters. The second-order valence-corrected chi connectivity index (χ2v) is 4.31. The Morgan fingerprint density at radius 3 is 2.63 bits per heavy atom. The summed E-state index contributed by atoms with van der Waals surface area (Å²) in [4.78, 5) is 10.2. The largest absolute Gasteiger partial charge is 0.375 e. The number of nitrogens with zero attached hydrogens (tertiary/aromatic N) is 3. The van der Waals surface area contributed by atoms with Gasteiger partial charge in [0.2, 0.25) is 0 Å². The number of pyridine rings is 1. The van der Waals surface area contributed by atoms with Crippen molar-refractivity contribution in [1.82, 2.24) is 9.88 Å². The zero-order chi connectivity index (χ0) is 13.5. The van der Waals surface area contributed by atoms with Crippen LogP contribution in [0.4, 0.5) is 0 Å². The van der Waals surface area contributed by atoms with Crippen LogP contribution in [0.3, 0.4) is 0 Å². The molecule has 1 aromatic heterocycles. The zero-order valence-electron chi connectivity index (χ0n) is 11.0. The fraction of sp³-hybridized carbons (Fsp3) is 0.125. The average Bonchev–Trinajstić information content (AvgIpc) is 2.47. The number of aromatic nitrogens is 1. The van der Waals surface area contributed by atoms with Gasteiger partial charge in [0.05, 0.1) is 5.69 Å². The summed E-state index contributed by atoms with van der Waals surface area (Å²) >= 11 is 0. The fourth-order valence-corrected chi connectivity index (χ4v) is 1.80. The van der Waals surface area contributed by atoms with Gasteiger partial charge in [-0.1, -0.05) is 36.4 Å². The Labute approximate surface area is 113 Å². The van der Waals surface area contributed by atoms with Gasteiger partial charge >= 0.3 is 0 Å². The van der Waals surface area contributed by atoms with Crippen molar-refractivity contribution in [3.05, 3.63) is 66.6 Å². The molecule has 2 rings (SSSR count). The molecule has 3 heteroatoms. The number of rotatable bonds is 5. The third kappa shape index (κ3) is 3.78. The highest BCUT2D eigenvalue weighted by Gasteiger charge is 2.00. The zero-order valence-corrected chi connectivity index (χ0v) is 11.0. The van der Waals surface area contributed by atoms with E-state index in [4.69, 9.17) is 0 Å². The lowest BCUT2D eigenvalue weighted by molar-refractivity contribution is 0.449. The maximum Gasteiger partial charge on any atom is 0.0702 e. The summed E-state index contributed by atoms with van der Waals surface area (Å²) < 4.78 is 0. The number of aliphatic imine (C=N–C) groups is 1. The van der Waals surface area contributed by atoms with Gasteiger partial charge in [-0.15, -0.1) is 0 Å². The van der Waals surface area contributed by atoms with E-state index in [1.165, 1.54) is 0 Å². The summed E-state index contributed by atoms with van der Waals surface area (Å²) in [6.45, 7) is 4.21. The molecule has 2 aromatic rings. The van der Waals surface area contributed by atoms with E-state index in [2.05, 4.69) is 34.9 Å². The van der Waals surface area contributed by atoms with Gasteiger partial charge in [-0.2, -0.15) is 0 Å². The van der Waals surface area contributed by atoms with Gasteiger partial charge in [-0.05, 0) is 18.3 Å². The third-order valence-corrected chi connectivity index (χ3v) is 2.75. The molecule has 96 valence electrons. The Bertz CT molecular complexity index is 544. The first-order chi connectivity index (χ1) is 9.29. The SMILES string of the molecule is C=NC=CN(C)Cc1ccc(-c2ccccc2)nc1. The average molecular weight is 251 g/mol. The number of hydrogen-bond donors (Lipinski definition) is 0. The first kappa shape index (κ1) is 13.0. The Balaban J connectivity index is 2.07. The van der Waals surface area contributed by atoms with Crippen LogP contribution in [0.1, 0.15) is 5.56 Å². The summed E-state index contributed by atoms with van der Waals surface area (Å²) in [5, 5.41) is 0. The highest BCUT2D eigenvalue weighted by Crippen LogP contribution is 2.16. The lowest BCUT2D eigenvalue weighted by Gasteiger charge is -2.13. The van der Waals surface area contributed by atoms with Gasteiger partial charge in [0, 0.05) is 37.8 Å². The summed E-state index contributed by atoms with van der Waals surface area (Å²) in [6, 6.07) is 14.3. The first-order valence-corrected chi connectivity index (χ1v) is 6.12. The molecule has 0 spiro atoms. The molecule has 1 aromatic carbocycles. The van der Waals surface area contributed by atoms with E-state index in [0.717, 1.165) is 23.4 Å². The minimum absolute atomic E-state index is 0.800. The van der Waals surface area contributed by atoms with Crippen molar-refractivity contribution in [1.29, 1.82) is 0 Å². The van der Waals surface area contributed by atoms with E-state index < -0.39 is 0 Å². The third-order valence-electron chi connectivity index (χ3n) is 2.75. The Hall–Kier alpha value is -2.42. The molecule has 0 aliphatic carbocycles. The molecule has 0 radical (unpaired) electrons. The molecule has 0 bridgehead atoms. The maximum atomic E-state index is 4.50. The van der Waals surface area contributed by atoms with E-state index in [1.807, 2.05) is 48.6 Å².